The molecule has 7 heteroatoms. The van der Waals surface area contributed by atoms with Crippen molar-refractivity contribution in [2.24, 2.45) is 0 Å². The van der Waals surface area contributed by atoms with Gasteiger partial charge in [-0.05, 0) is 61.9 Å². The summed E-state index contributed by atoms with van der Waals surface area (Å²) in [6.07, 6.45) is 6.25. The summed E-state index contributed by atoms with van der Waals surface area (Å²) >= 11 is 5.40. The van der Waals surface area contributed by atoms with Crippen molar-refractivity contribution < 1.29 is 9.59 Å². The molecule has 0 spiro atoms. The fraction of sp³-hybridized carbons (Fsp3) is 0.476. The summed E-state index contributed by atoms with van der Waals surface area (Å²) in [6.45, 7) is 8.26. The number of rotatable bonds is 10. The second kappa shape index (κ2) is 10.9. The number of anilines is 1. The summed E-state index contributed by atoms with van der Waals surface area (Å²) in [5.74, 6) is -0.218. The standard InChI is InChI=1S/C21H30N4O2S/c1-4-6-12-24(13-7-5-2)15-25-20(27)19(23-21(25)28)14-17-8-10-18(11-9-17)22-16(3)26/h8-11,14H,4-7,12-13,15H2,1-3H3,(H,22,26)(H,23,28). The first-order valence-electron chi connectivity index (χ1n) is 9.89. The number of unbranched alkanes of at least 4 members (excludes halogenated alkanes) is 2. The normalized spacial score (nSPS) is 15.4. The van der Waals surface area contributed by atoms with Crippen molar-refractivity contribution in [3.8, 4) is 0 Å². The maximum atomic E-state index is 12.8. The average molecular weight is 403 g/mol. The summed E-state index contributed by atoms with van der Waals surface area (Å²) in [5, 5.41) is 6.21. The summed E-state index contributed by atoms with van der Waals surface area (Å²) in [4.78, 5) is 27.9. The van der Waals surface area contributed by atoms with Crippen LogP contribution in [-0.4, -0.2) is 46.5 Å². The molecule has 2 amide bonds. The van der Waals surface area contributed by atoms with Crippen LogP contribution in [0.4, 0.5) is 5.69 Å². The molecule has 1 fully saturated rings. The van der Waals surface area contributed by atoms with Gasteiger partial charge in [0, 0.05) is 12.6 Å². The van der Waals surface area contributed by atoms with Gasteiger partial charge in [0.15, 0.2) is 5.11 Å². The molecule has 1 aliphatic rings. The molecule has 1 aromatic rings. The lowest BCUT2D eigenvalue weighted by atomic mass is 10.1. The van der Waals surface area contributed by atoms with Gasteiger partial charge in [-0.3, -0.25) is 19.4 Å². The Morgan fingerprint density at radius 1 is 1.18 bits per heavy atom. The van der Waals surface area contributed by atoms with Gasteiger partial charge in [-0.15, -0.1) is 0 Å². The van der Waals surface area contributed by atoms with Gasteiger partial charge in [0.2, 0.25) is 5.91 Å². The number of amides is 2. The van der Waals surface area contributed by atoms with E-state index in [0.717, 1.165) is 50.0 Å². The first-order chi connectivity index (χ1) is 13.4. The zero-order chi connectivity index (χ0) is 20.5. The molecule has 6 nitrogen and oxygen atoms in total. The van der Waals surface area contributed by atoms with Gasteiger partial charge in [0.25, 0.3) is 5.91 Å². The van der Waals surface area contributed by atoms with Crippen LogP contribution in [0.3, 0.4) is 0 Å². The molecule has 0 bridgehead atoms. The van der Waals surface area contributed by atoms with Crippen LogP contribution in [0.15, 0.2) is 30.0 Å². The second-order valence-corrected chi connectivity index (χ2v) is 7.38. The Hall–Kier alpha value is -2.25. The van der Waals surface area contributed by atoms with Gasteiger partial charge in [0.1, 0.15) is 5.70 Å². The van der Waals surface area contributed by atoms with Gasteiger partial charge < -0.3 is 10.6 Å². The topological polar surface area (TPSA) is 64.7 Å². The monoisotopic (exact) mass is 402 g/mol. The van der Waals surface area contributed by atoms with E-state index in [9.17, 15) is 9.59 Å². The van der Waals surface area contributed by atoms with E-state index in [1.807, 2.05) is 12.1 Å². The van der Waals surface area contributed by atoms with Gasteiger partial charge >= 0.3 is 0 Å². The van der Waals surface area contributed by atoms with Gasteiger partial charge in [-0.25, -0.2) is 0 Å². The van der Waals surface area contributed by atoms with Crippen molar-refractivity contribution in [3.63, 3.8) is 0 Å². The van der Waals surface area contributed by atoms with Gasteiger partial charge in [0.05, 0.1) is 6.67 Å². The van der Waals surface area contributed by atoms with E-state index in [2.05, 4.69) is 29.4 Å². The van der Waals surface area contributed by atoms with Crippen LogP contribution in [0.5, 0.6) is 0 Å². The highest BCUT2D eigenvalue weighted by Gasteiger charge is 2.31. The number of benzene rings is 1. The molecule has 0 atom stereocenters. The molecule has 2 N–H and O–H groups in total. The number of hydrogen-bond acceptors (Lipinski definition) is 4. The lowest BCUT2D eigenvalue weighted by Gasteiger charge is -2.26. The van der Waals surface area contributed by atoms with Gasteiger partial charge in [-0.1, -0.05) is 38.8 Å². The van der Waals surface area contributed by atoms with Crippen molar-refractivity contribution in [1.82, 2.24) is 15.1 Å². The van der Waals surface area contributed by atoms with Crippen molar-refractivity contribution >= 4 is 40.9 Å². The maximum absolute atomic E-state index is 12.8. The Morgan fingerprint density at radius 2 is 1.79 bits per heavy atom. The van der Waals surface area contributed by atoms with Crippen LogP contribution < -0.4 is 10.6 Å². The van der Waals surface area contributed by atoms with Crippen LogP contribution in [0.2, 0.25) is 0 Å². The third-order valence-corrected chi connectivity index (χ3v) is 4.82. The summed E-state index contributed by atoms with van der Waals surface area (Å²) in [7, 11) is 0. The maximum Gasteiger partial charge on any atom is 0.277 e. The van der Waals surface area contributed by atoms with Crippen LogP contribution in [0.1, 0.15) is 52.0 Å². The van der Waals surface area contributed by atoms with Crippen LogP contribution >= 0.6 is 12.2 Å². The zero-order valence-electron chi connectivity index (χ0n) is 17.0. The van der Waals surface area contributed by atoms with E-state index in [4.69, 9.17) is 12.2 Å². The molecule has 0 aliphatic carbocycles. The number of nitrogens with zero attached hydrogens (tertiary/aromatic N) is 2. The van der Waals surface area contributed by atoms with Crippen LogP contribution in [-0.2, 0) is 9.59 Å². The summed E-state index contributed by atoms with van der Waals surface area (Å²) < 4.78 is 0. The molecule has 152 valence electrons. The molecular formula is C21H30N4O2S. The zero-order valence-corrected chi connectivity index (χ0v) is 17.8. The van der Waals surface area contributed by atoms with E-state index in [-0.39, 0.29) is 11.8 Å². The minimum atomic E-state index is -0.115. The van der Waals surface area contributed by atoms with Crippen molar-refractivity contribution in [2.75, 3.05) is 25.1 Å². The Labute approximate surface area is 173 Å². The van der Waals surface area contributed by atoms with Crippen molar-refractivity contribution in [1.29, 1.82) is 0 Å². The molecule has 0 radical (unpaired) electrons. The fourth-order valence-corrected chi connectivity index (χ4v) is 3.20. The Morgan fingerprint density at radius 3 is 2.32 bits per heavy atom. The molecule has 1 aliphatic heterocycles. The van der Waals surface area contributed by atoms with E-state index in [1.165, 1.54) is 6.92 Å². The predicted octanol–water partition coefficient (Wildman–Crippen LogP) is 3.56. The van der Waals surface area contributed by atoms with E-state index < -0.39 is 0 Å². The minimum Gasteiger partial charge on any atom is -0.328 e. The number of carbonyl (C=O) groups excluding carboxylic acids is 2. The Balaban J connectivity index is 2.06. The number of thiocarbonyl (C=S) groups is 1. The quantitative estimate of drug-likeness (QED) is 0.463. The first-order valence-corrected chi connectivity index (χ1v) is 10.3. The molecule has 2 rings (SSSR count). The molecular weight excluding hydrogens is 372 g/mol. The number of hydrogen-bond donors (Lipinski definition) is 2. The highest BCUT2D eigenvalue weighted by molar-refractivity contribution is 7.80. The highest BCUT2D eigenvalue weighted by atomic mass is 32.1. The summed E-state index contributed by atoms with van der Waals surface area (Å²) in [6, 6.07) is 7.32. The molecule has 0 saturated carbocycles. The molecule has 1 heterocycles. The molecule has 0 unspecified atom stereocenters. The Kier molecular flexibility index (Phi) is 8.60. The van der Waals surface area contributed by atoms with Crippen LogP contribution in [0, 0.1) is 0 Å². The minimum absolute atomic E-state index is 0.103. The third kappa shape index (κ3) is 6.42. The van der Waals surface area contributed by atoms with E-state index in [1.54, 1.807) is 23.1 Å². The number of carbonyl (C=O) groups is 2. The smallest absolute Gasteiger partial charge is 0.277 e. The lowest BCUT2D eigenvalue weighted by Crippen LogP contribution is -2.42. The van der Waals surface area contributed by atoms with Crippen molar-refractivity contribution in [2.45, 2.75) is 46.5 Å². The van der Waals surface area contributed by atoms with E-state index in [0.29, 0.717) is 17.5 Å². The van der Waals surface area contributed by atoms with Gasteiger partial charge in [-0.2, -0.15) is 0 Å². The number of nitrogens with one attached hydrogen (secondary N) is 2. The Bertz CT molecular complexity index is 722. The fourth-order valence-electron chi connectivity index (χ4n) is 2.95. The molecule has 1 aromatic carbocycles. The SMILES string of the molecule is CCCCN(CCCC)CN1C(=O)C(=Cc2ccc(NC(C)=O)cc2)NC1=S. The highest BCUT2D eigenvalue weighted by Crippen LogP contribution is 2.17. The van der Waals surface area contributed by atoms with E-state index >= 15 is 0 Å². The molecule has 0 aromatic heterocycles. The molecule has 28 heavy (non-hydrogen) atoms. The average Bonchev–Trinajstić information content (AvgIpc) is 2.92. The third-order valence-electron chi connectivity index (χ3n) is 4.50. The van der Waals surface area contributed by atoms with Crippen LogP contribution in [0.25, 0.3) is 6.08 Å². The largest absolute Gasteiger partial charge is 0.328 e. The second-order valence-electron chi connectivity index (χ2n) is 6.99. The predicted molar refractivity (Wildman–Crippen MR) is 118 cm³/mol. The molecule has 1 saturated heterocycles. The first kappa shape index (κ1) is 22.0. The van der Waals surface area contributed by atoms with Crippen molar-refractivity contribution in [3.05, 3.63) is 35.5 Å². The summed E-state index contributed by atoms with van der Waals surface area (Å²) in [5.41, 5.74) is 2.06. The lowest BCUT2D eigenvalue weighted by molar-refractivity contribution is -0.123.